The van der Waals surface area contributed by atoms with Crippen molar-refractivity contribution in [3.05, 3.63) is 44.5 Å². The summed E-state index contributed by atoms with van der Waals surface area (Å²) in [6.45, 7) is 0. The molecule has 6 heteroatoms. The SMILES string of the molecule is O=c1[nH]ncn1-c1cc(Br)ccc1Cl. The maximum atomic E-state index is 11.3. The van der Waals surface area contributed by atoms with Crippen LogP contribution in [0.3, 0.4) is 0 Å². The minimum absolute atomic E-state index is 0.315. The van der Waals surface area contributed by atoms with Gasteiger partial charge in [-0.2, -0.15) is 5.10 Å². The van der Waals surface area contributed by atoms with Gasteiger partial charge in [-0.1, -0.05) is 27.5 Å². The quantitative estimate of drug-likeness (QED) is 0.864. The molecule has 0 spiro atoms. The molecule has 0 amide bonds. The second-order valence-electron chi connectivity index (χ2n) is 2.63. The third kappa shape index (κ3) is 1.60. The van der Waals surface area contributed by atoms with Gasteiger partial charge in [-0.05, 0) is 18.2 Å². The van der Waals surface area contributed by atoms with Crippen molar-refractivity contribution < 1.29 is 0 Å². The highest BCUT2D eigenvalue weighted by Gasteiger charge is 2.05. The number of benzene rings is 1. The fourth-order valence-electron chi connectivity index (χ4n) is 1.09. The standard InChI is InChI=1S/C8H5BrClN3O/c9-5-1-2-6(10)7(3-5)13-4-11-12-8(13)14/h1-4H,(H,12,14). The lowest BCUT2D eigenvalue weighted by atomic mass is 10.3. The first-order valence-electron chi connectivity index (χ1n) is 3.76. The van der Waals surface area contributed by atoms with Gasteiger partial charge in [0.25, 0.3) is 0 Å². The van der Waals surface area contributed by atoms with E-state index in [0.717, 1.165) is 4.47 Å². The topological polar surface area (TPSA) is 50.7 Å². The Labute approximate surface area is 92.6 Å². The second kappa shape index (κ2) is 3.59. The minimum atomic E-state index is -0.315. The first-order chi connectivity index (χ1) is 6.68. The maximum absolute atomic E-state index is 11.3. The predicted molar refractivity (Wildman–Crippen MR) is 56.9 cm³/mol. The van der Waals surface area contributed by atoms with Crippen LogP contribution >= 0.6 is 27.5 Å². The Morgan fingerprint density at radius 3 is 2.93 bits per heavy atom. The van der Waals surface area contributed by atoms with E-state index < -0.39 is 0 Å². The molecule has 0 radical (unpaired) electrons. The number of aromatic nitrogens is 3. The molecule has 72 valence electrons. The molecule has 4 nitrogen and oxygen atoms in total. The predicted octanol–water partition coefficient (Wildman–Crippen LogP) is 1.98. The molecular formula is C8H5BrClN3O. The van der Waals surface area contributed by atoms with Crippen molar-refractivity contribution in [2.24, 2.45) is 0 Å². The molecule has 0 fully saturated rings. The molecule has 0 aliphatic carbocycles. The molecule has 0 saturated heterocycles. The Kier molecular flexibility index (Phi) is 2.43. The highest BCUT2D eigenvalue weighted by Crippen LogP contribution is 2.22. The lowest BCUT2D eigenvalue weighted by molar-refractivity contribution is 0.982. The summed E-state index contributed by atoms with van der Waals surface area (Å²) in [4.78, 5) is 11.3. The van der Waals surface area contributed by atoms with Crippen LogP contribution in [0.2, 0.25) is 5.02 Å². The van der Waals surface area contributed by atoms with Gasteiger partial charge in [0.05, 0.1) is 10.7 Å². The van der Waals surface area contributed by atoms with Gasteiger partial charge in [0.2, 0.25) is 0 Å². The zero-order chi connectivity index (χ0) is 10.1. The molecule has 0 bridgehead atoms. The second-order valence-corrected chi connectivity index (χ2v) is 3.95. The molecule has 0 unspecified atom stereocenters. The Hall–Kier alpha value is -1.07. The fourth-order valence-corrected chi connectivity index (χ4v) is 1.65. The number of hydrogen-bond donors (Lipinski definition) is 1. The van der Waals surface area contributed by atoms with E-state index in [4.69, 9.17) is 11.6 Å². The highest BCUT2D eigenvalue weighted by atomic mass is 79.9. The van der Waals surface area contributed by atoms with Gasteiger partial charge in [0, 0.05) is 4.47 Å². The highest BCUT2D eigenvalue weighted by molar-refractivity contribution is 9.10. The molecule has 14 heavy (non-hydrogen) atoms. The van der Waals surface area contributed by atoms with Crippen LogP contribution in [0.25, 0.3) is 5.69 Å². The number of nitrogens with zero attached hydrogens (tertiary/aromatic N) is 2. The number of H-pyrrole nitrogens is 1. The average molecular weight is 275 g/mol. The Balaban J connectivity index is 2.68. The van der Waals surface area contributed by atoms with Crippen LogP contribution in [0.5, 0.6) is 0 Å². The molecule has 0 aliphatic heterocycles. The molecule has 1 N–H and O–H groups in total. The lowest BCUT2D eigenvalue weighted by Crippen LogP contribution is -2.14. The molecule has 2 rings (SSSR count). The van der Waals surface area contributed by atoms with Crippen molar-refractivity contribution in [1.82, 2.24) is 14.8 Å². The van der Waals surface area contributed by atoms with E-state index in [9.17, 15) is 4.79 Å². The van der Waals surface area contributed by atoms with E-state index in [2.05, 4.69) is 26.1 Å². The molecule has 1 heterocycles. The van der Waals surface area contributed by atoms with Gasteiger partial charge < -0.3 is 0 Å². The van der Waals surface area contributed by atoms with Crippen molar-refractivity contribution >= 4 is 27.5 Å². The minimum Gasteiger partial charge on any atom is -0.248 e. The summed E-state index contributed by atoms with van der Waals surface area (Å²) in [6, 6.07) is 5.26. The van der Waals surface area contributed by atoms with Crippen LogP contribution in [0.1, 0.15) is 0 Å². The largest absolute Gasteiger partial charge is 0.347 e. The monoisotopic (exact) mass is 273 g/mol. The summed E-state index contributed by atoms with van der Waals surface area (Å²) in [5, 5.41) is 6.41. The van der Waals surface area contributed by atoms with Gasteiger partial charge in [-0.15, -0.1) is 0 Å². The van der Waals surface area contributed by atoms with Crippen molar-refractivity contribution in [1.29, 1.82) is 0 Å². The molecule has 0 aliphatic rings. The van der Waals surface area contributed by atoms with Crippen LogP contribution in [0, 0.1) is 0 Å². The number of nitrogens with one attached hydrogen (secondary N) is 1. The van der Waals surface area contributed by atoms with Gasteiger partial charge in [0.15, 0.2) is 0 Å². The lowest BCUT2D eigenvalue weighted by Gasteiger charge is -2.03. The van der Waals surface area contributed by atoms with E-state index in [1.165, 1.54) is 10.9 Å². The Bertz CT molecular complexity index is 519. The van der Waals surface area contributed by atoms with Crippen molar-refractivity contribution in [3.8, 4) is 5.69 Å². The van der Waals surface area contributed by atoms with Crippen LogP contribution in [0.15, 0.2) is 33.8 Å². The number of hydrogen-bond acceptors (Lipinski definition) is 2. The van der Waals surface area contributed by atoms with Crippen molar-refractivity contribution in [2.75, 3.05) is 0 Å². The number of aromatic amines is 1. The molecule has 1 aromatic heterocycles. The Morgan fingerprint density at radius 1 is 1.50 bits per heavy atom. The maximum Gasteiger partial charge on any atom is 0.347 e. The van der Waals surface area contributed by atoms with E-state index in [1.54, 1.807) is 18.2 Å². The molecule has 1 aromatic carbocycles. The first-order valence-corrected chi connectivity index (χ1v) is 4.93. The van der Waals surface area contributed by atoms with Crippen LogP contribution in [0.4, 0.5) is 0 Å². The van der Waals surface area contributed by atoms with E-state index >= 15 is 0 Å². The van der Waals surface area contributed by atoms with Crippen LogP contribution < -0.4 is 5.69 Å². The molecule has 0 saturated carbocycles. The van der Waals surface area contributed by atoms with Crippen LogP contribution in [-0.2, 0) is 0 Å². The number of halogens is 2. The number of rotatable bonds is 1. The fraction of sp³-hybridized carbons (Fsp3) is 0. The summed E-state index contributed by atoms with van der Waals surface area (Å²) in [5.41, 5.74) is 0.282. The first kappa shape index (κ1) is 9.48. The molecule has 0 atom stereocenters. The van der Waals surface area contributed by atoms with E-state index in [1.807, 2.05) is 0 Å². The third-order valence-corrected chi connectivity index (χ3v) is 2.53. The zero-order valence-electron chi connectivity index (χ0n) is 6.87. The zero-order valence-corrected chi connectivity index (χ0v) is 9.21. The third-order valence-electron chi connectivity index (χ3n) is 1.72. The Morgan fingerprint density at radius 2 is 2.29 bits per heavy atom. The van der Waals surface area contributed by atoms with Crippen molar-refractivity contribution in [3.63, 3.8) is 0 Å². The summed E-state index contributed by atoms with van der Waals surface area (Å²) in [7, 11) is 0. The van der Waals surface area contributed by atoms with Gasteiger partial charge in [-0.3, -0.25) is 0 Å². The van der Waals surface area contributed by atoms with Crippen molar-refractivity contribution in [2.45, 2.75) is 0 Å². The van der Waals surface area contributed by atoms with E-state index in [-0.39, 0.29) is 5.69 Å². The van der Waals surface area contributed by atoms with Gasteiger partial charge in [0.1, 0.15) is 6.33 Å². The van der Waals surface area contributed by atoms with Gasteiger partial charge >= 0.3 is 5.69 Å². The summed E-state index contributed by atoms with van der Waals surface area (Å²) >= 11 is 9.24. The van der Waals surface area contributed by atoms with E-state index in [0.29, 0.717) is 10.7 Å². The average Bonchev–Trinajstić information content (AvgIpc) is 2.56. The summed E-state index contributed by atoms with van der Waals surface area (Å²) in [5.74, 6) is 0. The summed E-state index contributed by atoms with van der Waals surface area (Å²) in [6.07, 6.45) is 1.38. The smallest absolute Gasteiger partial charge is 0.248 e. The summed E-state index contributed by atoms with van der Waals surface area (Å²) < 4.78 is 2.19. The van der Waals surface area contributed by atoms with Crippen LogP contribution in [-0.4, -0.2) is 14.8 Å². The normalized spacial score (nSPS) is 10.4. The molecular weight excluding hydrogens is 269 g/mol. The molecule has 2 aromatic rings. The van der Waals surface area contributed by atoms with Gasteiger partial charge in [-0.25, -0.2) is 14.5 Å².